The molecular formula is C21H26. The second-order valence-corrected chi connectivity index (χ2v) is 6.92. The van der Waals surface area contributed by atoms with Crippen molar-refractivity contribution in [2.45, 2.75) is 46.5 Å². The van der Waals surface area contributed by atoms with Crippen molar-refractivity contribution in [2.24, 2.45) is 17.3 Å². The standard InChI is InChI=1S/C21H26/c1-5-9-20-19(18-12-8-10-15(2)16(18)3)14-17-11-6-7-13-21(17,20)4/h6-8,10-13,17,19-20H,5,9H2,1-4H3. The molecule has 2 aliphatic rings. The van der Waals surface area contributed by atoms with Crippen molar-refractivity contribution in [1.29, 1.82) is 0 Å². The summed E-state index contributed by atoms with van der Waals surface area (Å²) in [6, 6.07) is 6.74. The summed E-state index contributed by atoms with van der Waals surface area (Å²) in [5.74, 6) is 1.59. The smallest absolute Gasteiger partial charge is 0.000579 e. The first kappa shape index (κ1) is 14.6. The Balaban J connectivity index is 2.04. The lowest BCUT2D eigenvalue weighted by atomic mass is 9.68. The number of hydrogen-bond donors (Lipinski definition) is 0. The van der Waals surface area contributed by atoms with Crippen LogP contribution >= 0.6 is 0 Å². The number of allylic oxidation sites excluding steroid dienone is 4. The third-order valence-electron chi connectivity index (χ3n) is 5.68. The SMILES string of the molecule is CCCC1C(c2cccc(C)c2C)[C]C2C=CC=CC21C. The van der Waals surface area contributed by atoms with E-state index in [1.807, 2.05) is 0 Å². The molecule has 2 radical (unpaired) electrons. The van der Waals surface area contributed by atoms with Gasteiger partial charge in [-0.2, -0.15) is 0 Å². The summed E-state index contributed by atoms with van der Waals surface area (Å²) in [6.07, 6.45) is 15.6. The fourth-order valence-electron chi connectivity index (χ4n) is 4.21. The minimum absolute atomic E-state index is 0.242. The summed E-state index contributed by atoms with van der Waals surface area (Å²) in [5, 5.41) is 0. The first-order chi connectivity index (χ1) is 10.1. The Morgan fingerprint density at radius 3 is 2.76 bits per heavy atom. The van der Waals surface area contributed by atoms with E-state index in [4.69, 9.17) is 0 Å². The van der Waals surface area contributed by atoms with Crippen LogP contribution in [0.5, 0.6) is 0 Å². The van der Waals surface area contributed by atoms with Crippen molar-refractivity contribution in [3.8, 4) is 0 Å². The Bertz CT molecular complexity index is 578. The van der Waals surface area contributed by atoms with E-state index in [-0.39, 0.29) is 5.41 Å². The summed E-state index contributed by atoms with van der Waals surface area (Å²) < 4.78 is 0. The van der Waals surface area contributed by atoms with E-state index in [1.165, 1.54) is 29.5 Å². The number of rotatable bonds is 3. The van der Waals surface area contributed by atoms with Crippen LogP contribution in [0.4, 0.5) is 0 Å². The van der Waals surface area contributed by atoms with E-state index >= 15 is 0 Å². The fourth-order valence-corrected chi connectivity index (χ4v) is 4.21. The Hall–Kier alpha value is -1.30. The van der Waals surface area contributed by atoms with Gasteiger partial charge in [0.05, 0.1) is 0 Å². The lowest BCUT2D eigenvalue weighted by molar-refractivity contribution is 0.235. The summed E-state index contributed by atoms with van der Waals surface area (Å²) in [5.41, 5.74) is 4.58. The lowest BCUT2D eigenvalue weighted by Gasteiger charge is -2.36. The molecule has 21 heavy (non-hydrogen) atoms. The van der Waals surface area contributed by atoms with Gasteiger partial charge in [-0.3, -0.25) is 0 Å². The van der Waals surface area contributed by atoms with Gasteiger partial charge in [0.25, 0.3) is 0 Å². The molecule has 0 spiro atoms. The summed E-state index contributed by atoms with van der Waals surface area (Å²) in [7, 11) is 0. The molecule has 0 saturated heterocycles. The molecule has 0 heterocycles. The van der Waals surface area contributed by atoms with Crippen molar-refractivity contribution >= 4 is 0 Å². The van der Waals surface area contributed by atoms with Crippen LogP contribution in [0, 0.1) is 37.5 Å². The van der Waals surface area contributed by atoms with Crippen LogP contribution in [0.15, 0.2) is 42.5 Å². The van der Waals surface area contributed by atoms with Gasteiger partial charge in [-0.15, -0.1) is 0 Å². The molecule has 0 nitrogen and oxygen atoms in total. The maximum absolute atomic E-state index is 3.91. The number of benzene rings is 1. The highest BCUT2D eigenvalue weighted by Crippen LogP contribution is 2.58. The van der Waals surface area contributed by atoms with Gasteiger partial charge in [0.1, 0.15) is 0 Å². The third kappa shape index (κ3) is 2.29. The summed E-state index contributed by atoms with van der Waals surface area (Å²) in [6.45, 7) is 9.22. The molecule has 110 valence electrons. The zero-order valence-corrected chi connectivity index (χ0v) is 13.7. The van der Waals surface area contributed by atoms with Crippen molar-refractivity contribution in [3.63, 3.8) is 0 Å². The number of aryl methyl sites for hydroxylation is 1. The Kier molecular flexibility index (Phi) is 3.82. The van der Waals surface area contributed by atoms with Crippen LogP contribution in [-0.4, -0.2) is 0 Å². The van der Waals surface area contributed by atoms with E-state index in [0.29, 0.717) is 17.8 Å². The summed E-state index contributed by atoms with van der Waals surface area (Å²) >= 11 is 0. The molecule has 2 aliphatic carbocycles. The molecule has 1 saturated carbocycles. The van der Waals surface area contributed by atoms with Crippen molar-refractivity contribution < 1.29 is 0 Å². The Labute approximate surface area is 130 Å². The van der Waals surface area contributed by atoms with Gasteiger partial charge < -0.3 is 0 Å². The maximum Gasteiger partial charge on any atom is -0.000579 e. The predicted octanol–water partition coefficient (Wildman–Crippen LogP) is 5.65. The first-order valence-electron chi connectivity index (χ1n) is 8.26. The van der Waals surface area contributed by atoms with Crippen LogP contribution in [0.1, 0.15) is 49.3 Å². The van der Waals surface area contributed by atoms with Crippen LogP contribution in [-0.2, 0) is 0 Å². The molecule has 0 heteroatoms. The van der Waals surface area contributed by atoms with Gasteiger partial charge in [-0.1, -0.05) is 62.8 Å². The zero-order chi connectivity index (χ0) is 15.0. The highest BCUT2D eigenvalue weighted by atomic mass is 14.5. The molecule has 0 aromatic heterocycles. The molecule has 1 aromatic carbocycles. The number of fused-ring (bicyclic) bond motifs is 1. The van der Waals surface area contributed by atoms with Gasteiger partial charge in [0.2, 0.25) is 0 Å². The average Bonchev–Trinajstić information content (AvgIpc) is 2.76. The highest BCUT2D eigenvalue weighted by molar-refractivity contribution is 5.42. The van der Waals surface area contributed by atoms with Crippen LogP contribution < -0.4 is 0 Å². The number of hydrogen-bond acceptors (Lipinski definition) is 0. The Morgan fingerprint density at radius 2 is 2.00 bits per heavy atom. The largest absolute Gasteiger partial charge is 0.0799 e. The molecule has 0 aliphatic heterocycles. The maximum atomic E-state index is 3.91. The quantitative estimate of drug-likeness (QED) is 0.670. The van der Waals surface area contributed by atoms with E-state index in [2.05, 4.69) is 76.6 Å². The van der Waals surface area contributed by atoms with E-state index in [1.54, 1.807) is 0 Å². The zero-order valence-electron chi connectivity index (χ0n) is 13.7. The van der Waals surface area contributed by atoms with Gasteiger partial charge in [-0.25, -0.2) is 0 Å². The monoisotopic (exact) mass is 278 g/mol. The third-order valence-corrected chi connectivity index (χ3v) is 5.68. The minimum atomic E-state index is 0.242. The molecule has 0 bridgehead atoms. The van der Waals surface area contributed by atoms with Crippen molar-refractivity contribution in [3.05, 3.63) is 65.6 Å². The second kappa shape index (κ2) is 5.48. The van der Waals surface area contributed by atoms with Crippen LogP contribution in [0.3, 0.4) is 0 Å². The molecule has 0 amide bonds. The van der Waals surface area contributed by atoms with Crippen molar-refractivity contribution in [1.82, 2.24) is 0 Å². The first-order valence-corrected chi connectivity index (χ1v) is 8.26. The van der Waals surface area contributed by atoms with Crippen LogP contribution in [0.2, 0.25) is 0 Å². The molecule has 4 atom stereocenters. The molecule has 1 aromatic rings. The minimum Gasteiger partial charge on any atom is -0.0799 e. The van der Waals surface area contributed by atoms with Gasteiger partial charge in [0, 0.05) is 0 Å². The summed E-state index contributed by atoms with van der Waals surface area (Å²) in [4.78, 5) is 0. The van der Waals surface area contributed by atoms with E-state index < -0.39 is 0 Å². The molecule has 0 N–H and O–H groups in total. The lowest BCUT2D eigenvalue weighted by Crippen LogP contribution is -2.28. The van der Waals surface area contributed by atoms with Crippen molar-refractivity contribution in [2.75, 3.05) is 0 Å². The fraction of sp³-hybridized carbons (Fsp3) is 0.476. The van der Waals surface area contributed by atoms with Gasteiger partial charge in [-0.05, 0) is 66.5 Å². The van der Waals surface area contributed by atoms with Gasteiger partial charge >= 0.3 is 0 Å². The molecule has 1 fully saturated rings. The Morgan fingerprint density at radius 1 is 1.19 bits per heavy atom. The van der Waals surface area contributed by atoms with Crippen LogP contribution in [0.25, 0.3) is 0 Å². The molecule has 4 unspecified atom stereocenters. The molecular weight excluding hydrogens is 252 g/mol. The topological polar surface area (TPSA) is 0 Å². The molecule has 3 rings (SSSR count). The van der Waals surface area contributed by atoms with E-state index in [9.17, 15) is 0 Å². The average molecular weight is 278 g/mol. The second-order valence-electron chi connectivity index (χ2n) is 6.92. The highest BCUT2D eigenvalue weighted by Gasteiger charge is 2.50. The van der Waals surface area contributed by atoms with E-state index in [0.717, 1.165) is 0 Å². The van der Waals surface area contributed by atoms with Gasteiger partial charge in [0.15, 0.2) is 0 Å². The normalized spacial score (nSPS) is 34.2. The predicted molar refractivity (Wildman–Crippen MR) is 90.2 cm³/mol.